The lowest BCUT2D eigenvalue weighted by Crippen LogP contribution is -2.41. The summed E-state index contributed by atoms with van der Waals surface area (Å²) in [5.74, 6) is -0.282. The van der Waals surface area contributed by atoms with E-state index in [1.54, 1.807) is 6.92 Å². The van der Waals surface area contributed by atoms with Gasteiger partial charge in [-0.1, -0.05) is 0 Å². The van der Waals surface area contributed by atoms with Crippen molar-refractivity contribution in [1.82, 2.24) is 4.31 Å². The molecule has 142 valence electrons. The summed E-state index contributed by atoms with van der Waals surface area (Å²) in [4.78, 5) is 11.9. The Bertz CT molecular complexity index is 704. The van der Waals surface area contributed by atoms with Gasteiger partial charge in [-0.2, -0.15) is 4.31 Å². The molecule has 0 aromatic carbocycles. The van der Waals surface area contributed by atoms with Crippen molar-refractivity contribution >= 4 is 16.0 Å². The highest BCUT2D eigenvalue weighted by Crippen LogP contribution is 2.31. The fraction of sp³-hybridized carbons (Fsp3) is 0.688. The normalized spacial score (nSPS) is 17.0. The number of piperidine rings is 1. The van der Waals surface area contributed by atoms with Crippen molar-refractivity contribution in [2.45, 2.75) is 44.1 Å². The molecule has 1 aromatic rings. The smallest absolute Gasteiger partial charge is 0.342 e. The van der Waals surface area contributed by atoms with Crippen LogP contribution in [0.4, 0.5) is 0 Å². The number of carbonyl (C=O) groups is 1. The first-order valence-corrected chi connectivity index (χ1v) is 9.77. The van der Waals surface area contributed by atoms with Gasteiger partial charge in [-0.05, 0) is 39.7 Å². The number of carbonyl (C=O) groups excluding carboxylic acids is 1. The predicted molar refractivity (Wildman–Crippen MR) is 90.9 cm³/mol. The minimum Gasteiger partial charge on any atom is -0.465 e. The number of furan rings is 1. The Morgan fingerprint density at radius 2 is 1.92 bits per heavy atom. The van der Waals surface area contributed by atoms with Gasteiger partial charge >= 0.3 is 5.97 Å². The van der Waals surface area contributed by atoms with Crippen LogP contribution in [0.15, 0.2) is 9.31 Å². The molecule has 25 heavy (non-hydrogen) atoms. The van der Waals surface area contributed by atoms with Crippen LogP contribution in [-0.2, 0) is 19.5 Å². The summed E-state index contributed by atoms with van der Waals surface area (Å²) in [5, 5.41) is 0. The van der Waals surface area contributed by atoms with Crippen LogP contribution >= 0.6 is 0 Å². The Labute approximate surface area is 148 Å². The van der Waals surface area contributed by atoms with Gasteiger partial charge in [0.2, 0.25) is 10.0 Å². The van der Waals surface area contributed by atoms with E-state index in [9.17, 15) is 13.2 Å². The molecule has 0 amide bonds. The number of nitrogens with zero attached hydrogens (tertiary/aromatic N) is 1. The Kier molecular flexibility index (Phi) is 6.61. The standard InChI is InChI=1S/C16H26N2O6S/c1-11-14(16(19)22-3)15(12(2)24-11)25(20,21)18-8-5-13(6-9-18)23-10-4-7-17/h13H,4-10,17H2,1-3H3. The molecule has 2 N–H and O–H groups in total. The van der Waals surface area contributed by atoms with E-state index in [0.717, 1.165) is 6.42 Å². The molecule has 1 aliphatic rings. The highest BCUT2D eigenvalue weighted by atomic mass is 32.2. The lowest BCUT2D eigenvalue weighted by molar-refractivity contribution is 0.0208. The van der Waals surface area contributed by atoms with Crippen LogP contribution < -0.4 is 5.73 Å². The Balaban J connectivity index is 2.17. The molecular formula is C16H26N2O6S. The number of sulfonamides is 1. The maximum atomic E-state index is 13.0. The average molecular weight is 374 g/mol. The minimum atomic E-state index is -3.84. The largest absolute Gasteiger partial charge is 0.465 e. The van der Waals surface area contributed by atoms with Gasteiger partial charge in [-0.15, -0.1) is 0 Å². The number of ether oxygens (including phenoxy) is 2. The Hall–Kier alpha value is -1.42. The fourth-order valence-corrected chi connectivity index (χ4v) is 4.85. The SMILES string of the molecule is COC(=O)c1c(C)oc(C)c1S(=O)(=O)N1CCC(OCCCN)CC1. The van der Waals surface area contributed by atoms with E-state index in [2.05, 4.69) is 0 Å². The number of aryl methyl sites for hydroxylation is 2. The zero-order chi connectivity index (χ0) is 18.6. The van der Waals surface area contributed by atoms with Gasteiger partial charge in [-0.25, -0.2) is 13.2 Å². The summed E-state index contributed by atoms with van der Waals surface area (Å²) in [6.45, 7) is 4.91. The number of nitrogens with two attached hydrogens (primary N) is 1. The summed E-state index contributed by atoms with van der Waals surface area (Å²) in [7, 11) is -2.63. The second kappa shape index (κ2) is 8.31. The Morgan fingerprint density at radius 3 is 2.48 bits per heavy atom. The van der Waals surface area contributed by atoms with E-state index < -0.39 is 16.0 Å². The van der Waals surface area contributed by atoms with Crippen LogP contribution in [0.1, 0.15) is 41.1 Å². The van der Waals surface area contributed by atoms with Crippen molar-refractivity contribution in [2.75, 3.05) is 33.4 Å². The first kappa shape index (κ1) is 19.9. The molecule has 0 atom stereocenters. The van der Waals surface area contributed by atoms with E-state index in [4.69, 9.17) is 19.6 Å². The summed E-state index contributed by atoms with van der Waals surface area (Å²) >= 11 is 0. The fourth-order valence-electron chi connectivity index (χ4n) is 3.01. The monoisotopic (exact) mass is 374 g/mol. The molecule has 1 saturated heterocycles. The highest BCUT2D eigenvalue weighted by Gasteiger charge is 2.37. The summed E-state index contributed by atoms with van der Waals surface area (Å²) in [6, 6.07) is 0. The summed E-state index contributed by atoms with van der Waals surface area (Å²) in [6.07, 6.45) is 2.03. The quantitative estimate of drug-likeness (QED) is 0.564. The van der Waals surface area contributed by atoms with Gasteiger partial charge in [0.25, 0.3) is 0 Å². The first-order chi connectivity index (χ1) is 11.8. The van der Waals surface area contributed by atoms with Crippen LogP contribution in [0.2, 0.25) is 0 Å². The number of hydrogen-bond acceptors (Lipinski definition) is 7. The van der Waals surface area contributed by atoms with Gasteiger partial charge in [0, 0.05) is 19.7 Å². The molecule has 1 aromatic heterocycles. The van der Waals surface area contributed by atoms with Crippen molar-refractivity contribution in [3.8, 4) is 0 Å². The van der Waals surface area contributed by atoms with Crippen molar-refractivity contribution < 1.29 is 27.1 Å². The van der Waals surface area contributed by atoms with Gasteiger partial charge in [0.05, 0.1) is 13.2 Å². The number of esters is 1. The molecule has 2 rings (SSSR count). The number of methoxy groups -OCH3 is 1. The molecule has 8 nitrogen and oxygen atoms in total. The van der Waals surface area contributed by atoms with E-state index in [1.165, 1.54) is 18.3 Å². The zero-order valence-electron chi connectivity index (χ0n) is 14.9. The third kappa shape index (κ3) is 4.22. The first-order valence-electron chi connectivity index (χ1n) is 8.33. The second-order valence-corrected chi connectivity index (χ2v) is 7.90. The molecule has 0 bridgehead atoms. The van der Waals surface area contributed by atoms with Crippen LogP contribution in [0.3, 0.4) is 0 Å². The zero-order valence-corrected chi connectivity index (χ0v) is 15.7. The summed E-state index contributed by atoms with van der Waals surface area (Å²) in [5.41, 5.74) is 5.41. The maximum Gasteiger partial charge on any atom is 0.342 e. The predicted octanol–water partition coefficient (Wildman–Crippen LogP) is 1.20. The molecule has 2 heterocycles. The topological polar surface area (TPSA) is 112 Å². The van der Waals surface area contributed by atoms with E-state index in [0.29, 0.717) is 39.1 Å². The molecule has 1 aliphatic heterocycles. The van der Waals surface area contributed by atoms with E-state index in [-0.39, 0.29) is 28.1 Å². The van der Waals surface area contributed by atoms with Crippen LogP contribution in [0.25, 0.3) is 0 Å². The molecule has 1 fully saturated rings. The number of rotatable bonds is 7. The van der Waals surface area contributed by atoms with Crippen molar-refractivity contribution in [3.05, 3.63) is 17.1 Å². The molecule has 0 unspecified atom stereocenters. The molecule has 0 aliphatic carbocycles. The van der Waals surface area contributed by atoms with Crippen LogP contribution in [-0.4, -0.2) is 58.1 Å². The Morgan fingerprint density at radius 1 is 1.28 bits per heavy atom. The third-order valence-electron chi connectivity index (χ3n) is 4.30. The highest BCUT2D eigenvalue weighted by molar-refractivity contribution is 7.89. The lowest BCUT2D eigenvalue weighted by atomic mass is 10.1. The van der Waals surface area contributed by atoms with Crippen LogP contribution in [0, 0.1) is 13.8 Å². The average Bonchev–Trinajstić information content (AvgIpc) is 2.89. The van der Waals surface area contributed by atoms with Crippen molar-refractivity contribution in [3.63, 3.8) is 0 Å². The maximum absolute atomic E-state index is 13.0. The van der Waals surface area contributed by atoms with Gasteiger partial charge < -0.3 is 19.6 Å². The minimum absolute atomic E-state index is 0.0266. The van der Waals surface area contributed by atoms with Crippen molar-refractivity contribution in [1.29, 1.82) is 0 Å². The second-order valence-electron chi connectivity index (χ2n) is 6.03. The van der Waals surface area contributed by atoms with E-state index >= 15 is 0 Å². The van der Waals surface area contributed by atoms with Gasteiger partial charge in [0.15, 0.2) is 0 Å². The molecule has 0 radical (unpaired) electrons. The third-order valence-corrected chi connectivity index (χ3v) is 6.35. The number of hydrogen-bond donors (Lipinski definition) is 1. The molecule has 0 spiro atoms. The molecule has 9 heteroatoms. The molecule has 0 saturated carbocycles. The van der Waals surface area contributed by atoms with Gasteiger partial charge in [-0.3, -0.25) is 0 Å². The lowest BCUT2D eigenvalue weighted by Gasteiger charge is -2.31. The van der Waals surface area contributed by atoms with Crippen LogP contribution in [0.5, 0.6) is 0 Å². The summed E-state index contributed by atoms with van der Waals surface area (Å²) < 4.78 is 43.2. The van der Waals surface area contributed by atoms with Crippen molar-refractivity contribution in [2.24, 2.45) is 5.73 Å². The van der Waals surface area contributed by atoms with E-state index in [1.807, 2.05) is 0 Å². The molecular weight excluding hydrogens is 348 g/mol. The van der Waals surface area contributed by atoms with Gasteiger partial charge in [0.1, 0.15) is 22.0 Å².